The fraction of sp³-hybridized carbons (Fsp3) is 0. The van der Waals surface area contributed by atoms with Crippen LogP contribution in [0.15, 0.2) is 146 Å². The largest absolute Gasteiger partial charge is 0.192 e. The van der Waals surface area contributed by atoms with E-state index in [0.717, 1.165) is 38.9 Å². The summed E-state index contributed by atoms with van der Waals surface area (Å²) in [5, 5.41) is 19.6. The van der Waals surface area contributed by atoms with Crippen molar-refractivity contribution in [3.63, 3.8) is 0 Å². The minimum absolute atomic E-state index is 0.381. The number of rotatable bonds is 5. The first kappa shape index (κ1) is 24.6. The molecule has 0 spiro atoms. The summed E-state index contributed by atoms with van der Waals surface area (Å²) >= 11 is 0. The molecule has 0 aliphatic rings. The second kappa shape index (κ2) is 11.0. The second-order valence-corrected chi connectivity index (χ2v) is 9.50. The molecule has 40 heavy (non-hydrogen) atoms. The molecule has 6 rings (SSSR count). The zero-order chi connectivity index (χ0) is 27.3. The third-order valence-corrected chi connectivity index (χ3v) is 7.25. The van der Waals surface area contributed by atoms with Gasteiger partial charge in [-0.05, 0) is 56.1 Å². The van der Waals surface area contributed by atoms with Gasteiger partial charge in [-0.15, -0.1) is 0 Å². The summed E-state index contributed by atoms with van der Waals surface area (Å²) in [5.74, 6) is 0. The molecule has 2 heteroatoms. The van der Waals surface area contributed by atoms with Gasteiger partial charge in [0.1, 0.15) is 12.1 Å². The molecule has 0 saturated heterocycles. The SMILES string of the molecule is N#Cc1cccc(-c2ccccc2-c2ccccc2-c2ccccc2-c2ccccc2-c2ccccc2)c1C#N. The molecule has 0 aliphatic carbocycles. The highest BCUT2D eigenvalue weighted by Crippen LogP contribution is 2.43. The van der Waals surface area contributed by atoms with Crippen molar-refractivity contribution in [1.29, 1.82) is 10.5 Å². The van der Waals surface area contributed by atoms with Crippen LogP contribution in [0.25, 0.3) is 55.6 Å². The lowest BCUT2D eigenvalue weighted by atomic mass is 9.84. The Morgan fingerprint density at radius 1 is 0.300 bits per heavy atom. The van der Waals surface area contributed by atoms with Gasteiger partial charge in [-0.2, -0.15) is 10.5 Å². The van der Waals surface area contributed by atoms with Crippen molar-refractivity contribution in [1.82, 2.24) is 0 Å². The zero-order valence-electron chi connectivity index (χ0n) is 21.8. The molecular formula is C38H24N2. The van der Waals surface area contributed by atoms with E-state index in [2.05, 4.69) is 109 Å². The molecule has 0 fully saturated rings. The van der Waals surface area contributed by atoms with Crippen LogP contribution in [0.4, 0.5) is 0 Å². The highest BCUT2D eigenvalue weighted by atomic mass is 14.3. The zero-order valence-corrected chi connectivity index (χ0v) is 21.8. The fourth-order valence-electron chi connectivity index (χ4n) is 5.44. The van der Waals surface area contributed by atoms with E-state index in [-0.39, 0.29) is 0 Å². The first-order chi connectivity index (χ1) is 19.8. The number of nitrogens with zero attached hydrogens (tertiary/aromatic N) is 2. The third kappa shape index (κ3) is 4.45. The Morgan fingerprint density at radius 3 is 1.07 bits per heavy atom. The highest BCUT2D eigenvalue weighted by molar-refractivity contribution is 5.98. The van der Waals surface area contributed by atoms with Gasteiger partial charge in [0.2, 0.25) is 0 Å². The van der Waals surface area contributed by atoms with Crippen molar-refractivity contribution >= 4 is 0 Å². The van der Waals surface area contributed by atoms with E-state index < -0.39 is 0 Å². The van der Waals surface area contributed by atoms with Gasteiger partial charge < -0.3 is 0 Å². The summed E-state index contributed by atoms with van der Waals surface area (Å²) < 4.78 is 0. The Morgan fingerprint density at radius 2 is 0.650 bits per heavy atom. The van der Waals surface area contributed by atoms with Crippen LogP contribution in [0.3, 0.4) is 0 Å². The lowest BCUT2D eigenvalue weighted by Gasteiger charge is -2.19. The Bertz CT molecular complexity index is 1920. The van der Waals surface area contributed by atoms with Crippen molar-refractivity contribution in [2.45, 2.75) is 0 Å². The fourth-order valence-corrected chi connectivity index (χ4v) is 5.44. The van der Waals surface area contributed by atoms with Gasteiger partial charge in [-0.1, -0.05) is 140 Å². The van der Waals surface area contributed by atoms with Gasteiger partial charge in [0.25, 0.3) is 0 Å². The normalized spacial score (nSPS) is 10.4. The van der Waals surface area contributed by atoms with Gasteiger partial charge >= 0.3 is 0 Å². The third-order valence-electron chi connectivity index (χ3n) is 7.25. The molecule has 6 aromatic rings. The average Bonchev–Trinajstić information content (AvgIpc) is 3.04. The maximum Gasteiger partial charge on any atom is 0.101 e. The van der Waals surface area contributed by atoms with Gasteiger partial charge in [-0.3, -0.25) is 0 Å². The molecule has 0 heterocycles. The van der Waals surface area contributed by atoms with E-state index in [1.807, 2.05) is 42.5 Å². The van der Waals surface area contributed by atoms with Gasteiger partial charge in [-0.25, -0.2) is 0 Å². The first-order valence-electron chi connectivity index (χ1n) is 13.2. The van der Waals surface area contributed by atoms with Crippen LogP contribution in [0.1, 0.15) is 11.1 Å². The Kier molecular flexibility index (Phi) is 6.75. The van der Waals surface area contributed by atoms with E-state index >= 15 is 0 Å². The van der Waals surface area contributed by atoms with Crippen LogP contribution in [-0.4, -0.2) is 0 Å². The highest BCUT2D eigenvalue weighted by Gasteiger charge is 2.18. The van der Waals surface area contributed by atoms with Crippen LogP contribution in [0.2, 0.25) is 0 Å². The number of hydrogen-bond acceptors (Lipinski definition) is 2. The van der Waals surface area contributed by atoms with Crippen LogP contribution < -0.4 is 0 Å². The van der Waals surface area contributed by atoms with E-state index in [1.165, 1.54) is 16.7 Å². The molecule has 0 unspecified atom stereocenters. The smallest absolute Gasteiger partial charge is 0.101 e. The standard InChI is InChI=1S/C38H24N2/c39-25-28-15-12-24-37(38(28)26-40)36-23-11-10-22-35(36)34-21-9-8-20-33(34)32-19-7-6-18-31(32)30-17-5-4-16-29(30)27-13-2-1-3-14-27/h1-24H. The van der Waals surface area contributed by atoms with Crippen molar-refractivity contribution in [3.8, 4) is 67.8 Å². The van der Waals surface area contributed by atoms with Crippen LogP contribution in [0, 0.1) is 22.7 Å². The van der Waals surface area contributed by atoms with Crippen molar-refractivity contribution in [3.05, 3.63) is 157 Å². The van der Waals surface area contributed by atoms with E-state index in [4.69, 9.17) is 0 Å². The minimum atomic E-state index is 0.381. The molecule has 186 valence electrons. The average molecular weight is 509 g/mol. The molecule has 2 nitrogen and oxygen atoms in total. The summed E-state index contributed by atoms with van der Waals surface area (Å²) in [7, 11) is 0. The summed E-state index contributed by atoms with van der Waals surface area (Å²) in [6.07, 6.45) is 0. The molecule has 0 N–H and O–H groups in total. The van der Waals surface area contributed by atoms with E-state index in [9.17, 15) is 10.5 Å². The Balaban J connectivity index is 1.58. The van der Waals surface area contributed by atoms with Gasteiger partial charge in [0.05, 0.1) is 11.1 Å². The predicted molar refractivity (Wildman–Crippen MR) is 163 cm³/mol. The minimum Gasteiger partial charge on any atom is -0.192 e. The molecule has 6 aromatic carbocycles. The van der Waals surface area contributed by atoms with Crippen LogP contribution >= 0.6 is 0 Å². The van der Waals surface area contributed by atoms with E-state index in [1.54, 1.807) is 6.07 Å². The number of nitriles is 2. The van der Waals surface area contributed by atoms with Crippen LogP contribution in [-0.2, 0) is 0 Å². The topological polar surface area (TPSA) is 47.6 Å². The van der Waals surface area contributed by atoms with Crippen molar-refractivity contribution in [2.75, 3.05) is 0 Å². The van der Waals surface area contributed by atoms with Crippen molar-refractivity contribution < 1.29 is 0 Å². The van der Waals surface area contributed by atoms with Gasteiger partial charge in [0.15, 0.2) is 0 Å². The maximum absolute atomic E-state index is 9.97. The molecule has 0 aromatic heterocycles. The maximum atomic E-state index is 9.97. The molecule has 0 bridgehead atoms. The molecule has 0 saturated carbocycles. The second-order valence-electron chi connectivity index (χ2n) is 9.50. The van der Waals surface area contributed by atoms with Crippen LogP contribution in [0.5, 0.6) is 0 Å². The lowest BCUT2D eigenvalue weighted by Crippen LogP contribution is -1.94. The molecule has 0 aliphatic heterocycles. The molecular weight excluding hydrogens is 484 g/mol. The number of benzene rings is 6. The monoisotopic (exact) mass is 508 g/mol. The Hall–Kier alpha value is -5.70. The van der Waals surface area contributed by atoms with Gasteiger partial charge in [0, 0.05) is 5.56 Å². The van der Waals surface area contributed by atoms with E-state index in [0.29, 0.717) is 11.1 Å². The molecule has 0 radical (unpaired) electrons. The molecule has 0 atom stereocenters. The summed E-state index contributed by atoms with van der Waals surface area (Å²) in [6, 6.07) is 54.0. The lowest BCUT2D eigenvalue weighted by molar-refractivity contribution is 1.43. The Labute approximate surface area is 234 Å². The number of hydrogen-bond donors (Lipinski definition) is 0. The summed E-state index contributed by atoms with van der Waals surface area (Å²) in [5.41, 5.74) is 11.4. The quantitative estimate of drug-likeness (QED) is 0.233. The molecule has 0 amide bonds. The summed E-state index contributed by atoms with van der Waals surface area (Å²) in [4.78, 5) is 0. The first-order valence-corrected chi connectivity index (χ1v) is 13.2. The predicted octanol–water partition coefficient (Wildman–Crippen LogP) is 9.76. The summed E-state index contributed by atoms with van der Waals surface area (Å²) in [6.45, 7) is 0. The van der Waals surface area contributed by atoms with Crippen molar-refractivity contribution in [2.24, 2.45) is 0 Å².